The average Bonchev–Trinajstić information content (AvgIpc) is 2.90. The molecule has 1 heterocycles. The molecule has 1 aliphatic heterocycles. The van der Waals surface area contributed by atoms with E-state index in [1.54, 1.807) is 0 Å². The summed E-state index contributed by atoms with van der Waals surface area (Å²) in [5, 5.41) is 22.5. The van der Waals surface area contributed by atoms with Gasteiger partial charge >= 0.3 is 0 Å². The zero-order valence-electron chi connectivity index (χ0n) is 21.6. The molecule has 2 aliphatic rings. The van der Waals surface area contributed by atoms with Gasteiger partial charge in [0.05, 0.1) is 49.1 Å². The van der Waals surface area contributed by atoms with E-state index in [2.05, 4.69) is 30.1 Å². The first-order valence-corrected chi connectivity index (χ1v) is 12.6. The van der Waals surface area contributed by atoms with Crippen molar-refractivity contribution in [2.45, 2.75) is 96.0 Å². The van der Waals surface area contributed by atoms with Crippen LogP contribution in [0.2, 0.25) is 0 Å². The van der Waals surface area contributed by atoms with Crippen LogP contribution in [-0.4, -0.2) is 53.9 Å². The van der Waals surface area contributed by atoms with Crippen LogP contribution in [-0.2, 0) is 20.8 Å². The second-order valence-electron chi connectivity index (χ2n) is 9.86. The van der Waals surface area contributed by atoms with Gasteiger partial charge in [-0.2, -0.15) is 0 Å². The van der Waals surface area contributed by atoms with Crippen molar-refractivity contribution < 1.29 is 19.3 Å². The Morgan fingerprint density at radius 1 is 0.946 bits per heavy atom. The quantitative estimate of drug-likeness (QED) is 0.234. The van der Waals surface area contributed by atoms with Gasteiger partial charge in [0.1, 0.15) is 0 Å². The molecule has 1 aromatic carbocycles. The summed E-state index contributed by atoms with van der Waals surface area (Å²) in [4.78, 5) is 8.99. The van der Waals surface area contributed by atoms with Crippen molar-refractivity contribution in [2.24, 2.45) is 33.1 Å². The largest absolute Gasteiger partial charge is 0.390 e. The van der Waals surface area contributed by atoms with Crippen LogP contribution in [0.4, 0.5) is 0 Å². The smallest absolute Gasteiger partial charge is 0.167 e. The molecule has 0 aromatic heterocycles. The number of ether oxygens (including phenoxy) is 3. The lowest BCUT2D eigenvalue weighted by molar-refractivity contribution is -0.279. The number of benzene rings is 1. The number of hydrogen-bond donors (Lipinski definition) is 1. The minimum Gasteiger partial charge on any atom is -0.390 e. The van der Waals surface area contributed by atoms with Crippen LogP contribution in [0.15, 0.2) is 45.7 Å². The molecular weight excluding hydrogens is 478 g/mol. The molecule has 13 nitrogen and oxygen atoms in total. The molecule has 1 aromatic rings. The Morgan fingerprint density at radius 2 is 1.57 bits per heavy atom. The molecule has 3 rings (SSSR count). The molecule has 1 aliphatic carbocycles. The topological polar surface area (TPSA) is 194 Å². The molecule has 13 heteroatoms. The maximum atomic E-state index is 10.6. The molecule has 1 saturated heterocycles. The summed E-state index contributed by atoms with van der Waals surface area (Å²) in [5.74, 6) is -0.597. The molecular formula is C24H35N9O4. The predicted molar refractivity (Wildman–Crippen MR) is 136 cm³/mol. The highest BCUT2D eigenvalue weighted by Gasteiger charge is 2.49. The van der Waals surface area contributed by atoms with Crippen molar-refractivity contribution in [1.29, 1.82) is 0 Å². The maximum absolute atomic E-state index is 10.6. The standard InChI is InChI=1S/C24H35N9O4/c1-5-19(34)23-14(3)13(2)20(30-33-27)24(37-23)36-22-15(4)21(35-12-16-9-7-6-8-10-16)17(28-31-25)11-18(22)29-32-26/h6-10,13-15,17-24,34H,5,11-12H2,1-4H3/t13-,14-,15+,17?,18?,19?,20-,21-,22-,23?,24?/m0/s1. The van der Waals surface area contributed by atoms with Gasteiger partial charge in [0, 0.05) is 20.7 Å². The molecule has 0 spiro atoms. The second kappa shape index (κ2) is 13.5. The van der Waals surface area contributed by atoms with Gasteiger partial charge in [0.15, 0.2) is 6.29 Å². The highest BCUT2D eigenvalue weighted by atomic mass is 16.7. The Kier molecular flexibility index (Phi) is 10.4. The Hall–Kier alpha value is -3.01. The van der Waals surface area contributed by atoms with Gasteiger partial charge in [-0.15, -0.1) is 0 Å². The van der Waals surface area contributed by atoms with Crippen molar-refractivity contribution in [3.63, 3.8) is 0 Å². The summed E-state index contributed by atoms with van der Waals surface area (Å²) in [6, 6.07) is 7.72. The molecule has 1 N–H and O–H groups in total. The van der Waals surface area contributed by atoms with E-state index in [4.69, 9.17) is 14.2 Å². The number of aliphatic hydroxyl groups is 1. The van der Waals surface area contributed by atoms with Crippen molar-refractivity contribution in [3.05, 3.63) is 67.2 Å². The first kappa shape index (κ1) is 28.6. The van der Waals surface area contributed by atoms with Crippen LogP contribution >= 0.6 is 0 Å². The van der Waals surface area contributed by atoms with Crippen molar-refractivity contribution in [3.8, 4) is 0 Å². The number of azide groups is 3. The fraction of sp³-hybridized carbons (Fsp3) is 0.750. The van der Waals surface area contributed by atoms with E-state index in [-0.39, 0.29) is 24.2 Å². The van der Waals surface area contributed by atoms with Gasteiger partial charge in [-0.1, -0.05) is 73.4 Å². The molecule has 0 amide bonds. The van der Waals surface area contributed by atoms with Crippen molar-refractivity contribution in [1.82, 2.24) is 0 Å². The molecule has 0 radical (unpaired) electrons. The van der Waals surface area contributed by atoms with E-state index in [1.807, 2.05) is 58.0 Å². The molecule has 11 atom stereocenters. The molecule has 200 valence electrons. The van der Waals surface area contributed by atoms with Gasteiger partial charge < -0.3 is 19.3 Å². The molecule has 2 fully saturated rings. The van der Waals surface area contributed by atoms with Gasteiger partial charge in [0.25, 0.3) is 0 Å². The normalized spacial score (nSPS) is 36.4. The summed E-state index contributed by atoms with van der Waals surface area (Å²) >= 11 is 0. The summed E-state index contributed by atoms with van der Waals surface area (Å²) in [7, 11) is 0. The summed E-state index contributed by atoms with van der Waals surface area (Å²) in [5.41, 5.74) is 28.6. The minimum absolute atomic E-state index is 0.0849. The van der Waals surface area contributed by atoms with Crippen LogP contribution in [0.5, 0.6) is 0 Å². The lowest BCUT2D eigenvalue weighted by Crippen LogP contribution is -2.58. The van der Waals surface area contributed by atoms with E-state index in [1.165, 1.54) is 0 Å². The fourth-order valence-corrected chi connectivity index (χ4v) is 5.38. The van der Waals surface area contributed by atoms with Gasteiger partial charge in [-0.25, -0.2) is 0 Å². The maximum Gasteiger partial charge on any atom is 0.167 e. The van der Waals surface area contributed by atoms with Crippen LogP contribution in [0.1, 0.15) is 46.1 Å². The number of aliphatic hydroxyl groups excluding tert-OH is 1. The summed E-state index contributed by atoms with van der Waals surface area (Å²) < 4.78 is 18.9. The molecule has 37 heavy (non-hydrogen) atoms. The molecule has 5 unspecified atom stereocenters. The first-order valence-electron chi connectivity index (χ1n) is 12.6. The summed E-state index contributed by atoms with van der Waals surface area (Å²) in [6.45, 7) is 7.94. The van der Waals surface area contributed by atoms with Crippen LogP contribution in [0.3, 0.4) is 0 Å². The van der Waals surface area contributed by atoms with Crippen LogP contribution in [0, 0.1) is 17.8 Å². The van der Waals surface area contributed by atoms with Crippen LogP contribution in [0.25, 0.3) is 31.3 Å². The third kappa shape index (κ3) is 6.66. The second-order valence-corrected chi connectivity index (χ2v) is 9.86. The Labute approximate surface area is 216 Å². The van der Waals surface area contributed by atoms with E-state index in [0.717, 1.165) is 5.56 Å². The zero-order chi connectivity index (χ0) is 26.9. The summed E-state index contributed by atoms with van der Waals surface area (Å²) in [6.07, 6.45) is -2.71. The monoisotopic (exact) mass is 513 g/mol. The third-order valence-electron chi connectivity index (χ3n) is 7.69. The van der Waals surface area contributed by atoms with Crippen molar-refractivity contribution in [2.75, 3.05) is 0 Å². The van der Waals surface area contributed by atoms with E-state index >= 15 is 0 Å². The fourth-order valence-electron chi connectivity index (χ4n) is 5.38. The van der Waals surface area contributed by atoms with Gasteiger partial charge in [-0.05, 0) is 46.8 Å². The first-order chi connectivity index (χ1) is 17.9. The van der Waals surface area contributed by atoms with Crippen molar-refractivity contribution >= 4 is 0 Å². The molecule has 0 bridgehead atoms. The highest BCUT2D eigenvalue weighted by molar-refractivity contribution is 5.13. The zero-order valence-corrected chi connectivity index (χ0v) is 21.6. The molecule has 1 saturated carbocycles. The van der Waals surface area contributed by atoms with E-state index in [9.17, 15) is 21.7 Å². The SMILES string of the molecule is CCC(O)C1OC(O[C@@H]2C(N=[N+]=[N-])CC(N=[N+]=[N-])[C@@H](OCc3ccccc3)[C@H]2C)[C@@H](N=[N+]=[N-])[C@@H](C)[C@@H]1C. The van der Waals surface area contributed by atoms with Crippen LogP contribution < -0.4 is 0 Å². The van der Waals surface area contributed by atoms with E-state index < -0.39 is 48.8 Å². The van der Waals surface area contributed by atoms with Gasteiger partial charge in [0.2, 0.25) is 0 Å². The number of hydrogen-bond acceptors (Lipinski definition) is 7. The lowest BCUT2D eigenvalue weighted by atomic mass is 9.78. The average molecular weight is 514 g/mol. The van der Waals surface area contributed by atoms with E-state index in [0.29, 0.717) is 13.0 Å². The minimum atomic E-state index is -0.970. The Balaban J connectivity index is 1.91. The Morgan fingerprint density at radius 3 is 2.16 bits per heavy atom. The highest BCUT2D eigenvalue weighted by Crippen LogP contribution is 2.40. The Bertz CT molecular complexity index is 1030. The number of rotatable bonds is 10. The van der Waals surface area contributed by atoms with Gasteiger partial charge in [-0.3, -0.25) is 0 Å². The predicted octanol–water partition coefficient (Wildman–Crippen LogP) is 5.80. The number of nitrogens with zero attached hydrogens (tertiary/aromatic N) is 9. The third-order valence-corrected chi connectivity index (χ3v) is 7.69. The lowest BCUT2D eigenvalue weighted by Gasteiger charge is -2.48.